The molecule has 1 heterocycles. The smallest absolute Gasteiger partial charge is 0.169 e. The lowest BCUT2D eigenvalue weighted by atomic mass is 10.0. The van der Waals surface area contributed by atoms with E-state index in [4.69, 9.17) is 4.42 Å². The Morgan fingerprint density at radius 2 is 2.05 bits per heavy atom. The van der Waals surface area contributed by atoms with Gasteiger partial charge in [0.2, 0.25) is 0 Å². The van der Waals surface area contributed by atoms with Crippen molar-refractivity contribution in [1.82, 2.24) is 5.32 Å². The largest absolute Gasteiger partial charge is 0.453 e. The molecule has 0 bridgehead atoms. The summed E-state index contributed by atoms with van der Waals surface area (Å²) in [5.41, 5.74) is 0.675. The number of halogens is 3. The van der Waals surface area contributed by atoms with Crippen molar-refractivity contribution in [2.75, 3.05) is 6.54 Å². The molecule has 0 amide bonds. The van der Waals surface area contributed by atoms with E-state index in [1.807, 2.05) is 18.2 Å². The molecule has 1 aromatic carbocycles. The minimum atomic E-state index is -0.201. The molecule has 0 radical (unpaired) electrons. The molecule has 0 aliphatic rings. The topological polar surface area (TPSA) is 25.2 Å². The van der Waals surface area contributed by atoms with Crippen molar-refractivity contribution in [3.05, 3.63) is 56.6 Å². The van der Waals surface area contributed by atoms with Crippen LogP contribution in [0.5, 0.6) is 0 Å². The molecule has 1 aromatic heterocycles. The number of benzene rings is 1. The number of furan rings is 1. The van der Waals surface area contributed by atoms with Crippen LogP contribution < -0.4 is 5.32 Å². The zero-order valence-electron chi connectivity index (χ0n) is 11.1. The van der Waals surface area contributed by atoms with Crippen LogP contribution >= 0.6 is 31.9 Å². The third-order valence-electron chi connectivity index (χ3n) is 3.02. The Morgan fingerprint density at radius 3 is 2.65 bits per heavy atom. The Morgan fingerprint density at radius 1 is 1.25 bits per heavy atom. The summed E-state index contributed by atoms with van der Waals surface area (Å²) in [5, 5.41) is 3.40. The van der Waals surface area contributed by atoms with E-state index in [9.17, 15) is 4.39 Å². The van der Waals surface area contributed by atoms with E-state index in [-0.39, 0.29) is 11.9 Å². The van der Waals surface area contributed by atoms with Gasteiger partial charge < -0.3 is 9.73 Å². The first-order valence-electron chi connectivity index (χ1n) is 6.52. The SMILES string of the molecule is CCCNC(Cc1ccc(Br)cc1F)c1ccc(Br)o1. The van der Waals surface area contributed by atoms with Crippen LogP contribution in [-0.4, -0.2) is 6.54 Å². The summed E-state index contributed by atoms with van der Waals surface area (Å²) in [6.45, 7) is 2.96. The van der Waals surface area contributed by atoms with Crippen molar-refractivity contribution in [2.45, 2.75) is 25.8 Å². The van der Waals surface area contributed by atoms with Crippen LogP contribution in [0, 0.1) is 5.82 Å². The lowest BCUT2D eigenvalue weighted by molar-refractivity contribution is 0.397. The van der Waals surface area contributed by atoms with Crippen LogP contribution in [0.2, 0.25) is 0 Å². The minimum Gasteiger partial charge on any atom is -0.453 e. The highest BCUT2D eigenvalue weighted by atomic mass is 79.9. The van der Waals surface area contributed by atoms with Gasteiger partial charge in [-0.2, -0.15) is 0 Å². The predicted molar refractivity (Wildman–Crippen MR) is 85.2 cm³/mol. The van der Waals surface area contributed by atoms with Gasteiger partial charge in [0.25, 0.3) is 0 Å². The average molecular weight is 405 g/mol. The second-order valence-corrected chi connectivity index (χ2v) is 6.29. The van der Waals surface area contributed by atoms with Crippen LogP contribution in [0.3, 0.4) is 0 Å². The molecule has 20 heavy (non-hydrogen) atoms. The van der Waals surface area contributed by atoms with Gasteiger partial charge in [0.15, 0.2) is 4.67 Å². The van der Waals surface area contributed by atoms with E-state index in [2.05, 4.69) is 44.1 Å². The molecular formula is C15H16Br2FNO. The van der Waals surface area contributed by atoms with Crippen molar-refractivity contribution in [3.63, 3.8) is 0 Å². The molecule has 2 aromatic rings. The molecule has 2 nitrogen and oxygen atoms in total. The number of hydrogen-bond acceptors (Lipinski definition) is 2. The zero-order valence-corrected chi connectivity index (χ0v) is 14.3. The first kappa shape index (κ1) is 15.7. The lowest BCUT2D eigenvalue weighted by Gasteiger charge is -2.17. The molecule has 5 heteroatoms. The maximum Gasteiger partial charge on any atom is 0.169 e. The Labute approximate surface area is 135 Å². The fourth-order valence-corrected chi connectivity index (χ4v) is 2.67. The summed E-state index contributed by atoms with van der Waals surface area (Å²) < 4.78 is 21.0. The van der Waals surface area contributed by atoms with Gasteiger partial charge in [-0.1, -0.05) is 28.9 Å². The van der Waals surface area contributed by atoms with Crippen LogP contribution in [-0.2, 0) is 6.42 Å². The normalized spacial score (nSPS) is 12.6. The fourth-order valence-electron chi connectivity index (χ4n) is 2.01. The standard InChI is InChI=1S/C15H16Br2FNO/c1-2-7-19-13(14-5-6-15(17)20-14)8-10-3-4-11(16)9-12(10)18/h3-6,9,13,19H,2,7-8H2,1H3. The van der Waals surface area contributed by atoms with Crippen LogP contribution in [0.4, 0.5) is 4.39 Å². The summed E-state index contributed by atoms with van der Waals surface area (Å²) in [6, 6.07) is 8.88. The minimum absolute atomic E-state index is 0.0306. The summed E-state index contributed by atoms with van der Waals surface area (Å²) in [4.78, 5) is 0. The fraction of sp³-hybridized carbons (Fsp3) is 0.333. The first-order chi connectivity index (χ1) is 9.60. The second kappa shape index (κ2) is 7.38. The Kier molecular flexibility index (Phi) is 5.81. The van der Waals surface area contributed by atoms with Gasteiger partial charge >= 0.3 is 0 Å². The van der Waals surface area contributed by atoms with E-state index in [1.54, 1.807) is 6.07 Å². The Bertz CT molecular complexity index is 571. The van der Waals surface area contributed by atoms with Crippen molar-refractivity contribution in [3.8, 4) is 0 Å². The molecule has 0 aliphatic carbocycles. The van der Waals surface area contributed by atoms with Crippen LogP contribution in [0.1, 0.15) is 30.7 Å². The van der Waals surface area contributed by atoms with Crippen molar-refractivity contribution in [1.29, 1.82) is 0 Å². The molecular weight excluding hydrogens is 389 g/mol. The van der Waals surface area contributed by atoms with Gasteiger partial charge in [0.1, 0.15) is 11.6 Å². The summed E-state index contributed by atoms with van der Waals surface area (Å²) in [5.74, 6) is 0.612. The van der Waals surface area contributed by atoms with Gasteiger partial charge in [0, 0.05) is 4.47 Å². The average Bonchev–Trinajstić information content (AvgIpc) is 2.83. The van der Waals surface area contributed by atoms with Crippen molar-refractivity contribution < 1.29 is 8.81 Å². The molecule has 1 unspecified atom stereocenters. The second-order valence-electron chi connectivity index (χ2n) is 4.59. The Balaban J connectivity index is 2.18. The van der Waals surface area contributed by atoms with E-state index in [0.29, 0.717) is 16.7 Å². The van der Waals surface area contributed by atoms with Gasteiger partial charge in [-0.05, 0) is 65.1 Å². The molecule has 0 aliphatic heterocycles. The van der Waals surface area contributed by atoms with Gasteiger partial charge in [-0.25, -0.2) is 4.39 Å². The molecule has 0 spiro atoms. The van der Waals surface area contributed by atoms with E-state index >= 15 is 0 Å². The highest BCUT2D eigenvalue weighted by Gasteiger charge is 2.17. The number of hydrogen-bond donors (Lipinski definition) is 1. The summed E-state index contributed by atoms with van der Waals surface area (Å²) >= 11 is 6.58. The van der Waals surface area contributed by atoms with Crippen LogP contribution in [0.15, 0.2) is 43.9 Å². The van der Waals surface area contributed by atoms with Gasteiger partial charge in [0.05, 0.1) is 6.04 Å². The van der Waals surface area contributed by atoms with Gasteiger partial charge in [-0.15, -0.1) is 0 Å². The molecule has 0 saturated carbocycles. The molecule has 1 N–H and O–H groups in total. The zero-order chi connectivity index (χ0) is 14.5. The predicted octanol–water partition coefficient (Wildman–Crippen LogP) is 5.23. The Hall–Kier alpha value is -0.650. The van der Waals surface area contributed by atoms with E-state index < -0.39 is 0 Å². The maximum absolute atomic E-state index is 14.0. The lowest BCUT2D eigenvalue weighted by Crippen LogP contribution is -2.24. The molecule has 0 saturated heterocycles. The molecule has 2 rings (SSSR count). The highest BCUT2D eigenvalue weighted by Crippen LogP contribution is 2.25. The maximum atomic E-state index is 14.0. The third-order valence-corrected chi connectivity index (χ3v) is 3.94. The quantitative estimate of drug-likeness (QED) is 0.713. The van der Waals surface area contributed by atoms with E-state index in [1.165, 1.54) is 6.07 Å². The monoisotopic (exact) mass is 403 g/mol. The molecule has 1 atom stereocenters. The van der Waals surface area contributed by atoms with Crippen LogP contribution in [0.25, 0.3) is 0 Å². The summed E-state index contributed by atoms with van der Waals surface area (Å²) in [7, 11) is 0. The molecule has 0 fully saturated rings. The number of rotatable bonds is 6. The molecule has 108 valence electrons. The first-order valence-corrected chi connectivity index (χ1v) is 8.11. The van der Waals surface area contributed by atoms with Crippen molar-refractivity contribution in [2.24, 2.45) is 0 Å². The number of nitrogens with one attached hydrogen (secondary N) is 1. The third kappa shape index (κ3) is 4.17. The van der Waals surface area contributed by atoms with Gasteiger partial charge in [-0.3, -0.25) is 0 Å². The van der Waals surface area contributed by atoms with Crippen molar-refractivity contribution >= 4 is 31.9 Å². The van der Waals surface area contributed by atoms with E-state index in [0.717, 1.165) is 23.2 Å². The highest BCUT2D eigenvalue weighted by molar-refractivity contribution is 9.10. The summed E-state index contributed by atoms with van der Waals surface area (Å²) in [6.07, 6.45) is 1.57.